The molecule has 0 radical (unpaired) electrons. The van der Waals surface area contributed by atoms with Crippen LogP contribution in [0.2, 0.25) is 5.02 Å². The van der Waals surface area contributed by atoms with Crippen molar-refractivity contribution >= 4 is 46.4 Å². The number of carbonyl (C=O) groups is 2. The number of Topliss-reactive ketones (excluding diaryl/α,β-unsaturated/α-hetero) is 1. The fourth-order valence-electron chi connectivity index (χ4n) is 2.80. The van der Waals surface area contributed by atoms with Gasteiger partial charge in [-0.2, -0.15) is 10.2 Å². The Morgan fingerprint density at radius 3 is 2.03 bits per heavy atom. The summed E-state index contributed by atoms with van der Waals surface area (Å²) in [5.41, 5.74) is 0.345. The molecule has 33 heavy (non-hydrogen) atoms. The monoisotopic (exact) mass is 497 g/mol. The van der Waals surface area contributed by atoms with E-state index < -0.39 is 17.7 Å². The summed E-state index contributed by atoms with van der Waals surface area (Å²) in [6.45, 7) is 5.44. The second kappa shape index (κ2) is 12.3. The fraction of sp³-hybridized carbons (Fsp3) is 0.364. The number of ketones is 1. The van der Waals surface area contributed by atoms with Crippen molar-refractivity contribution in [1.29, 1.82) is 0 Å². The van der Waals surface area contributed by atoms with Gasteiger partial charge in [-0.05, 0) is 32.9 Å². The summed E-state index contributed by atoms with van der Waals surface area (Å²) >= 11 is 12.6. The van der Waals surface area contributed by atoms with Gasteiger partial charge in [0.1, 0.15) is 22.9 Å². The molecule has 11 heteroatoms. The van der Waals surface area contributed by atoms with Crippen molar-refractivity contribution in [3.63, 3.8) is 0 Å². The molecule has 0 aliphatic heterocycles. The van der Waals surface area contributed by atoms with Crippen molar-refractivity contribution in [2.24, 2.45) is 10.2 Å². The van der Waals surface area contributed by atoms with E-state index in [1.165, 1.54) is 33.3 Å². The molecule has 0 heterocycles. The number of para-hydroxylation sites is 1. The van der Waals surface area contributed by atoms with E-state index in [1.54, 1.807) is 32.0 Å². The molecule has 2 rings (SSSR count). The standard InChI is InChI=1S/C22H25Cl2N3O6/c1-6-32-16-9-8-10-17(33-7-2)21(16)27(24)22(29)20(13(3)28)26-25-15-12-19(31-5)18(30-4)11-14(15)23/h8-12,20H,6-7H2,1-5H3. The lowest BCUT2D eigenvalue weighted by molar-refractivity contribution is -0.126. The van der Waals surface area contributed by atoms with Gasteiger partial charge in [0.05, 0.1) is 32.5 Å². The van der Waals surface area contributed by atoms with Crippen LogP contribution < -0.4 is 23.4 Å². The Kier molecular flexibility index (Phi) is 9.74. The third kappa shape index (κ3) is 6.27. The van der Waals surface area contributed by atoms with Crippen LogP contribution in [0.4, 0.5) is 11.4 Å². The molecule has 2 aromatic rings. The Morgan fingerprint density at radius 1 is 1.00 bits per heavy atom. The van der Waals surface area contributed by atoms with Gasteiger partial charge in [0.15, 0.2) is 17.3 Å². The number of carbonyl (C=O) groups excluding carboxylic acids is 2. The number of nitrogens with zero attached hydrogens (tertiary/aromatic N) is 3. The smallest absolute Gasteiger partial charge is 0.276 e. The topological polar surface area (TPSA) is 99.0 Å². The number of hydrogen-bond donors (Lipinski definition) is 0. The molecule has 0 spiro atoms. The predicted octanol–water partition coefficient (Wildman–Crippen LogP) is 5.38. The first-order valence-electron chi connectivity index (χ1n) is 10.00. The summed E-state index contributed by atoms with van der Waals surface area (Å²) in [5, 5.41) is 8.10. The molecule has 0 N–H and O–H groups in total. The molecule has 0 aromatic heterocycles. The third-order valence-corrected chi connectivity index (χ3v) is 4.94. The Hall–Kier alpha value is -3.04. The molecule has 1 unspecified atom stereocenters. The van der Waals surface area contributed by atoms with E-state index in [0.717, 1.165) is 4.42 Å². The van der Waals surface area contributed by atoms with Crippen LogP contribution in [-0.2, 0) is 9.59 Å². The lowest BCUT2D eigenvalue weighted by Crippen LogP contribution is -2.36. The Labute approximate surface area is 202 Å². The number of methoxy groups -OCH3 is 2. The van der Waals surface area contributed by atoms with Crippen molar-refractivity contribution in [3.05, 3.63) is 35.4 Å². The summed E-state index contributed by atoms with van der Waals surface area (Å²) in [7, 11) is 2.91. The maximum Gasteiger partial charge on any atom is 0.276 e. The first kappa shape index (κ1) is 26.2. The Balaban J connectivity index is 2.44. The highest BCUT2D eigenvalue weighted by Crippen LogP contribution is 2.40. The van der Waals surface area contributed by atoms with E-state index in [4.69, 9.17) is 42.3 Å². The minimum absolute atomic E-state index is 0.165. The summed E-state index contributed by atoms with van der Waals surface area (Å²) in [6, 6.07) is 6.41. The van der Waals surface area contributed by atoms with E-state index in [0.29, 0.717) is 36.2 Å². The van der Waals surface area contributed by atoms with Crippen LogP contribution in [-0.4, -0.2) is 45.2 Å². The first-order valence-corrected chi connectivity index (χ1v) is 10.7. The highest BCUT2D eigenvalue weighted by molar-refractivity contribution is 6.40. The van der Waals surface area contributed by atoms with Crippen molar-refractivity contribution in [3.8, 4) is 23.0 Å². The third-order valence-electron chi connectivity index (χ3n) is 4.30. The molecule has 9 nitrogen and oxygen atoms in total. The fourth-order valence-corrected chi connectivity index (χ4v) is 3.25. The van der Waals surface area contributed by atoms with Gasteiger partial charge in [-0.15, -0.1) is 0 Å². The highest BCUT2D eigenvalue weighted by atomic mass is 35.5. The number of benzene rings is 2. The largest absolute Gasteiger partial charge is 0.493 e. The molecule has 0 bridgehead atoms. The summed E-state index contributed by atoms with van der Waals surface area (Å²) in [6.07, 6.45) is 0. The first-order chi connectivity index (χ1) is 15.8. The zero-order chi connectivity index (χ0) is 24.5. The molecular formula is C22H25Cl2N3O6. The van der Waals surface area contributed by atoms with Crippen LogP contribution in [0.5, 0.6) is 23.0 Å². The number of halogens is 2. The van der Waals surface area contributed by atoms with Gasteiger partial charge in [0.25, 0.3) is 5.91 Å². The molecule has 0 aliphatic carbocycles. The van der Waals surface area contributed by atoms with Gasteiger partial charge in [-0.3, -0.25) is 9.59 Å². The van der Waals surface area contributed by atoms with Crippen molar-refractivity contribution in [2.45, 2.75) is 26.8 Å². The number of ether oxygens (including phenoxy) is 4. The van der Waals surface area contributed by atoms with Crippen molar-refractivity contribution in [2.75, 3.05) is 31.9 Å². The second-order valence-electron chi connectivity index (χ2n) is 6.48. The van der Waals surface area contributed by atoms with E-state index in [2.05, 4.69) is 10.2 Å². The summed E-state index contributed by atoms with van der Waals surface area (Å²) < 4.78 is 22.3. The van der Waals surface area contributed by atoms with E-state index in [9.17, 15) is 9.59 Å². The summed E-state index contributed by atoms with van der Waals surface area (Å²) in [4.78, 5) is 25.4. The molecule has 0 fully saturated rings. The van der Waals surface area contributed by atoms with Crippen LogP contribution in [0, 0.1) is 0 Å². The zero-order valence-corrected chi connectivity index (χ0v) is 20.4. The number of rotatable bonds is 11. The van der Waals surface area contributed by atoms with Gasteiger partial charge in [0.2, 0.25) is 6.04 Å². The molecule has 2 aromatic carbocycles. The quantitative estimate of drug-likeness (QED) is 0.234. The zero-order valence-electron chi connectivity index (χ0n) is 18.9. The van der Waals surface area contributed by atoms with Crippen LogP contribution in [0.3, 0.4) is 0 Å². The minimum Gasteiger partial charge on any atom is -0.493 e. The van der Waals surface area contributed by atoms with Gasteiger partial charge >= 0.3 is 0 Å². The molecule has 0 aliphatic rings. The van der Waals surface area contributed by atoms with Crippen molar-refractivity contribution < 1.29 is 28.5 Å². The average molecular weight is 498 g/mol. The number of hydrogen-bond acceptors (Lipinski definition) is 8. The number of amides is 1. The molecule has 1 amide bonds. The molecule has 1 atom stereocenters. The normalized spacial score (nSPS) is 11.7. The van der Waals surface area contributed by atoms with Crippen LogP contribution >= 0.6 is 23.4 Å². The van der Waals surface area contributed by atoms with Gasteiger partial charge < -0.3 is 18.9 Å². The van der Waals surface area contributed by atoms with Crippen LogP contribution in [0.25, 0.3) is 0 Å². The van der Waals surface area contributed by atoms with E-state index in [1.807, 2.05) is 0 Å². The number of azo groups is 1. The lowest BCUT2D eigenvalue weighted by atomic mass is 10.2. The van der Waals surface area contributed by atoms with Gasteiger partial charge in [-0.1, -0.05) is 17.7 Å². The summed E-state index contributed by atoms with van der Waals surface area (Å²) in [5.74, 6) is -0.0329. The Morgan fingerprint density at radius 2 is 1.55 bits per heavy atom. The van der Waals surface area contributed by atoms with Crippen molar-refractivity contribution in [1.82, 2.24) is 0 Å². The minimum atomic E-state index is -1.53. The van der Waals surface area contributed by atoms with Crippen LogP contribution in [0.15, 0.2) is 40.6 Å². The van der Waals surface area contributed by atoms with Gasteiger partial charge in [0, 0.05) is 23.9 Å². The van der Waals surface area contributed by atoms with E-state index in [-0.39, 0.29) is 16.4 Å². The van der Waals surface area contributed by atoms with E-state index >= 15 is 0 Å². The number of anilines is 1. The Bertz CT molecular complexity index is 1010. The maximum atomic E-state index is 13.2. The lowest BCUT2D eigenvalue weighted by Gasteiger charge is -2.22. The van der Waals surface area contributed by atoms with Crippen LogP contribution in [0.1, 0.15) is 20.8 Å². The molecule has 178 valence electrons. The molecule has 0 saturated carbocycles. The highest BCUT2D eigenvalue weighted by Gasteiger charge is 2.32. The molecular weight excluding hydrogens is 473 g/mol. The predicted molar refractivity (Wildman–Crippen MR) is 126 cm³/mol. The average Bonchev–Trinajstić information content (AvgIpc) is 2.79. The SMILES string of the molecule is CCOc1cccc(OCC)c1N(Cl)C(=O)C(N=Nc1cc(OC)c(OC)cc1Cl)C(C)=O. The molecule has 0 saturated heterocycles. The maximum absolute atomic E-state index is 13.2. The van der Waals surface area contributed by atoms with Gasteiger partial charge in [-0.25, -0.2) is 4.42 Å². The second-order valence-corrected chi connectivity index (χ2v) is 7.22.